The van der Waals surface area contributed by atoms with Crippen molar-refractivity contribution in [1.29, 1.82) is 0 Å². The summed E-state index contributed by atoms with van der Waals surface area (Å²) in [4.78, 5) is 14.0. The van der Waals surface area contributed by atoms with Gasteiger partial charge in [0.1, 0.15) is 0 Å². The van der Waals surface area contributed by atoms with Crippen molar-refractivity contribution in [2.24, 2.45) is 0 Å². The Morgan fingerprint density at radius 1 is 1.53 bits per heavy atom. The van der Waals surface area contributed by atoms with E-state index in [1.807, 2.05) is 6.92 Å². The molecule has 2 N–H and O–H groups in total. The molecule has 4 nitrogen and oxygen atoms in total. The van der Waals surface area contributed by atoms with Gasteiger partial charge in [0, 0.05) is 18.1 Å². The zero-order valence-corrected chi connectivity index (χ0v) is 11.6. The molecule has 3 unspecified atom stereocenters. The van der Waals surface area contributed by atoms with E-state index in [2.05, 4.69) is 36.4 Å². The number of piperidine rings is 1. The smallest absolute Gasteiger partial charge is 0.234 e. The maximum Gasteiger partial charge on any atom is 0.234 e. The Morgan fingerprint density at radius 2 is 2.24 bits per heavy atom. The van der Waals surface area contributed by atoms with Gasteiger partial charge in [-0.25, -0.2) is 0 Å². The van der Waals surface area contributed by atoms with E-state index >= 15 is 0 Å². The van der Waals surface area contributed by atoms with Gasteiger partial charge in [-0.2, -0.15) is 0 Å². The van der Waals surface area contributed by atoms with Crippen LogP contribution in [0.5, 0.6) is 0 Å². The van der Waals surface area contributed by atoms with Gasteiger partial charge in [-0.3, -0.25) is 4.79 Å². The quantitative estimate of drug-likeness (QED) is 0.754. The molecule has 0 saturated carbocycles. The fourth-order valence-corrected chi connectivity index (χ4v) is 2.14. The summed E-state index contributed by atoms with van der Waals surface area (Å²) in [7, 11) is 2.16. The first-order chi connectivity index (χ1) is 8.02. The monoisotopic (exact) mass is 241 g/mol. The SMILES string of the molecule is CCC(C)NC(=O)CNC1CCN(C)C(C)C1. The summed E-state index contributed by atoms with van der Waals surface area (Å²) in [6.45, 7) is 7.93. The first-order valence-electron chi connectivity index (χ1n) is 6.76. The van der Waals surface area contributed by atoms with Crippen LogP contribution >= 0.6 is 0 Å². The molecule has 1 aliphatic rings. The number of hydrogen-bond donors (Lipinski definition) is 2. The Balaban J connectivity index is 2.20. The fraction of sp³-hybridized carbons (Fsp3) is 0.923. The lowest BCUT2D eigenvalue weighted by Gasteiger charge is -2.35. The van der Waals surface area contributed by atoms with Crippen LogP contribution in [-0.4, -0.2) is 49.1 Å². The fourth-order valence-electron chi connectivity index (χ4n) is 2.14. The van der Waals surface area contributed by atoms with Crippen LogP contribution in [0.1, 0.15) is 40.0 Å². The molecule has 0 aliphatic carbocycles. The number of carbonyl (C=O) groups is 1. The predicted octanol–water partition coefficient (Wildman–Crippen LogP) is 0.973. The second-order valence-corrected chi connectivity index (χ2v) is 5.31. The molecule has 1 heterocycles. The lowest BCUT2D eigenvalue weighted by molar-refractivity contribution is -0.121. The maximum absolute atomic E-state index is 11.6. The summed E-state index contributed by atoms with van der Waals surface area (Å²) in [5.41, 5.74) is 0. The highest BCUT2D eigenvalue weighted by molar-refractivity contribution is 5.78. The number of hydrogen-bond acceptors (Lipinski definition) is 3. The Bertz CT molecular complexity index is 245. The van der Waals surface area contributed by atoms with Crippen LogP contribution in [0.25, 0.3) is 0 Å². The second kappa shape index (κ2) is 6.97. The zero-order chi connectivity index (χ0) is 12.8. The molecule has 4 heteroatoms. The molecule has 3 atom stereocenters. The summed E-state index contributed by atoms with van der Waals surface area (Å²) in [5.74, 6) is 0.117. The second-order valence-electron chi connectivity index (χ2n) is 5.31. The van der Waals surface area contributed by atoms with Crippen molar-refractivity contribution in [3.63, 3.8) is 0 Å². The summed E-state index contributed by atoms with van der Waals surface area (Å²) in [6.07, 6.45) is 3.25. The van der Waals surface area contributed by atoms with Gasteiger partial charge in [-0.15, -0.1) is 0 Å². The average molecular weight is 241 g/mol. The highest BCUT2D eigenvalue weighted by Gasteiger charge is 2.22. The molecule has 0 radical (unpaired) electrons. The molecule has 0 bridgehead atoms. The summed E-state index contributed by atoms with van der Waals surface area (Å²) >= 11 is 0. The van der Waals surface area contributed by atoms with Gasteiger partial charge in [-0.05, 0) is 46.7 Å². The standard InChI is InChI=1S/C13H27N3O/c1-5-10(2)15-13(17)9-14-12-6-7-16(4)11(3)8-12/h10-12,14H,5-9H2,1-4H3,(H,15,17). The number of carbonyl (C=O) groups excluding carboxylic acids is 1. The first-order valence-corrected chi connectivity index (χ1v) is 6.76. The molecule has 17 heavy (non-hydrogen) atoms. The molecule has 1 saturated heterocycles. The predicted molar refractivity (Wildman–Crippen MR) is 71.0 cm³/mol. The van der Waals surface area contributed by atoms with Crippen molar-refractivity contribution >= 4 is 5.91 Å². The molecule has 0 aromatic carbocycles. The minimum Gasteiger partial charge on any atom is -0.353 e. The van der Waals surface area contributed by atoms with Crippen molar-refractivity contribution in [1.82, 2.24) is 15.5 Å². The number of nitrogens with zero attached hydrogens (tertiary/aromatic N) is 1. The lowest BCUT2D eigenvalue weighted by atomic mass is 9.99. The van der Waals surface area contributed by atoms with Gasteiger partial charge in [-0.1, -0.05) is 6.92 Å². The van der Waals surface area contributed by atoms with Crippen molar-refractivity contribution < 1.29 is 4.79 Å². The topological polar surface area (TPSA) is 44.4 Å². The van der Waals surface area contributed by atoms with Gasteiger partial charge in [0.2, 0.25) is 5.91 Å². The lowest BCUT2D eigenvalue weighted by Crippen LogP contribution is -2.48. The molecule has 1 fully saturated rings. The van der Waals surface area contributed by atoms with Crippen LogP contribution in [-0.2, 0) is 4.79 Å². The van der Waals surface area contributed by atoms with Crippen molar-refractivity contribution in [2.75, 3.05) is 20.1 Å². The van der Waals surface area contributed by atoms with Crippen LogP contribution in [0.15, 0.2) is 0 Å². The van der Waals surface area contributed by atoms with E-state index < -0.39 is 0 Å². The van der Waals surface area contributed by atoms with Gasteiger partial charge in [0.05, 0.1) is 6.54 Å². The molecule has 1 rings (SSSR count). The molecule has 0 aromatic rings. The minimum absolute atomic E-state index is 0.117. The average Bonchev–Trinajstić information content (AvgIpc) is 2.30. The van der Waals surface area contributed by atoms with Crippen LogP contribution in [0.4, 0.5) is 0 Å². The molecular formula is C13H27N3O. The van der Waals surface area contributed by atoms with Crippen molar-refractivity contribution in [2.45, 2.75) is 58.2 Å². The normalized spacial score (nSPS) is 27.8. The minimum atomic E-state index is 0.117. The molecule has 100 valence electrons. The van der Waals surface area contributed by atoms with E-state index in [9.17, 15) is 4.79 Å². The number of nitrogens with one attached hydrogen (secondary N) is 2. The van der Waals surface area contributed by atoms with Crippen molar-refractivity contribution in [3.05, 3.63) is 0 Å². The molecular weight excluding hydrogens is 214 g/mol. The highest BCUT2D eigenvalue weighted by atomic mass is 16.1. The Labute approximate surface area is 105 Å². The third-order valence-corrected chi connectivity index (χ3v) is 3.78. The largest absolute Gasteiger partial charge is 0.353 e. The summed E-state index contributed by atoms with van der Waals surface area (Å²) in [5, 5.41) is 6.34. The Kier molecular flexibility index (Phi) is 5.92. The van der Waals surface area contributed by atoms with E-state index in [0.717, 1.165) is 25.8 Å². The number of likely N-dealkylation sites (tertiary alicyclic amines) is 1. The van der Waals surface area contributed by atoms with Gasteiger partial charge in [0.25, 0.3) is 0 Å². The Hall–Kier alpha value is -0.610. The van der Waals surface area contributed by atoms with Gasteiger partial charge < -0.3 is 15.5 Å². The van der Waals surface area contributed by atoms with E-state index in [1.54, 1.807) is 0 Å². The van der Waals surface area contributed by atoms with Gasteiger partial charge in [0.15, 0.2) is 0 Å². The van der Waals surface area contributed by atoms with E-state index in [4.69, 9.17) is 0 Å². The molecule has 1 amide bonds. The summed E-state index contributed by atoms with van der Waals surface area (Å²) < 4.78 is 0. The van der Waals surface area contributed by atoms with Crippen molar-refractivity contribution in [3.8, 4) is 0 Å². The summed E-state index contributed by atoms with van der Waals surface area (Å²) in [6, 6.07) is 1.38. The van der Waals surface area contributed by atoms with E-state index in [-0.39, 0.29) is 11.9 Å². The van der Waals surface area contributed by atoms with Crippen LogP contribution < -0.4 is 10.6 Å². The number of amides is 1. The maximum atomic E-state index is 11.6. The van der Waals surface area contributed by atoms with Crippen LogP contribution in [0.3, 0.4) is 0 Å². The third-order valence-electron chi connectivity index (χ3n) is 3.78. The molecule has 0 aromatic heterocycles. The van der Waals surface area contributed by atoms with E-state index in [1.165, 1.54) is 0 Å². The Morgan fingerprint density at radius 3 is 2.82 bits per heavy atom. The zero-order valence-electron chi connectivity index (χ0n) is 11.6. The van der Waals surface area contributed by atoms with Crippen LogP contribution in [0, 0.1) is 0 Å². The molecule has 1 aliphatic heterocycles. The first kappa shape index (κ1) is 14.5. The third kappa shape index (κ3) is 5.04. The van der Waals surface area contributed by atoms with E-state index in [0.29, 0.717) is 18.6 Å². The highest BCUT2D eigenvalue weighted by Crippen LogP contribution is 2.14. The number of rotatable bonds is 5. The van der Waals surface area contributed by atoms with Gasteiger partial charge >= 0.3 is 0 Å². The molecule has 0 spiro atoms. The van der Waals surface area contributed by atoms with Crippen LogP contribution in [0.2, 0.25) is 0 Å².